The Morgan fingerprint density at radius 2 is 2.31 bits per heavy atom. The number of aromatic nitrogens is 1. The molecule has 2 aromatic heterocycles. The van der Waals surface area contributed by atoms with Gasteiger partial charge in [-0.1, -0.05) is 19.4 Å². The number of thiophene rings is 1. The normalized spacial score (nSPS) is 12.9. The first-order valence-corrected chi connectivity index (χ1v) is 7.27. The average molecular weight is 252 g/mol. The average Bonchev–Trinajstić information content (AvgIpc) is 2.96. The van der Waals surface area contributed by atoms with Crippen LogP contribution in [0.4, 0.5) is 0 Å². The summed E-state index contributed by atoms with van der Waals surface area (Å²) in [7, 11) is 0. The van der Waals surface area contributed by atoms with Crippen LogP contribution in [0.1, 0.15) is 18.4 Å². The number of hydrogen-bond acceptors (Lipinski definition) is 4. The van der Waals surface area contributed by atoms with Crippen molar-refractivity contribution in [2.45, 2.75) is 19.8 Å². The highest BCUT2D eigenvalue weighted by atomic mass is 32.1. The maximum Gasteiger partial charge on any atom is 0.0936 e. The maximum atomic E-state index is 5.71. The van der Waals surface area contributed by atoms with E-state index in [4.69, 9.17) is 5.73 Å². The van der Waals surface area contributed by atoms with Crippen LogP contribution < -0.4 is 5.73 Å². The molecule has 86 valence electrons. The molecule has 0 bridgehead atoms. The smallest absolute Gasteiger partial charge is 0.0936 e. The summed E-state index contributed by atoms with van der Waals surface area (Å²) in [5, 5.41) is 5.44. The summed E-state index contributed by atoms with van der Waals surface area (Å²) in [5.74, 6) is 0.572. The van der Waals surface area contributed by atoms with Crippen LogP contribution >= 0.6 is 22.7 Å². The minimum atomic E-state index is 0.572. The van der Waals surface area contributed by atoms with Gasteiger partial charge in [0, 0.05) is 11.8 Å². The van der Waals surface area contributed by atoms with E-state index in [1.54, 1.807) is 22.7 Å². The van der Waals surface area contributed by atoms with E-state index in [0.29, 0.717) is 5.92 Å². The molecule has 1 unspecified atom stereocenters. The fraction of sp³-hybridized carbons (Fsp3) is 0.417. The molecule has 0 aromatic carbocycles. The number of hydrogen-bond donors (Lipinski definition) is 1. The molecule has 0 aliphatic heterocycles. The van der Waals surface area contributed by atoms with Crippen molar-refractivity contribution in [3.63, 3.8) is 0 Å². The SMILES string of the molecule is CCC(CN)Cc1nc(-c2cccs2)cs1. The zero-order valence-electron chi connectivity index (χ0n) is 9.35. The molecule has 0 amide bonds. The van der Waals surface area contributed by atoms with Crippen molar-refractivity contribution >= 4 is 22.7 Å². The van der Waals surface area contributed by atoms with Gasteiger partial charge in [-0.2, -0.15) is 0 Å². The summed E-state index contributed by atoms with van der Waals surface area (Å²) in [5.41, 5.74) is 6.82. The van der Waals surface area contributed by atoms with Gasteiger partial charge in [0.05, 0.1) is 15.6 Å². The van der Waals surface area contributed by atoms with Gasteiger partial charge in [0.1, 0.15) is 0 Å². The highest BCUT2D eigenvalue weighted by molar-refractivity contribution is 7.14. The minimum absolute atomic E-state index is 0.572. The lowest BCUT2D eigenvalue weighted by molar-refractivity contribution is 0.518. The first-order chi connectivity index (χ1) is 7.83. The Morgan fingerprint density at radius 3 is 2.94 bits per heavy atom. The topological polar surface area (TPSA) is 38.9 Å². The van der Waals surface area contributed by atoms with Crippen LogP contribution in [0.3, 0.4) is 0 Å². The van der Waals surface area contributed by atoms with Gasteiger partial charge < -0.3 is 5.73 Å². The molecule has 16 heavy (non-hydrogen) atoms. The molecule has 0 aliphatic carbocycles. The van der Waals surface area contributed by atoms with Crippen LogP contribution in [0.2, 0.25) is 0 Å². The van der Waals surface area contributed by atoms with E-state index < -0.39 is 0 Å². The molecule has 1 atom stereocenters. The Kier molecular flexibility index (Phi) is 4.09. The molecule has 2 rings (SSSR count). The Balaban J connectivity index is 2.08. The van der Waals surface area contributed by atoms with Gasteiger partial charge in [0.15, 0.2) is 0 Å². The third kappa shape index (κ3) is 2.70. The van der Waals surface area contributed by atoms with Gasteiger partial charge in [0.25, 0.3) is 0 Å². The molecule has 2 N–H and O–H groups in total. The Hall–Kier alpha value is -0.710. The molecule has 0 saturated carbocycles. The van der Waals surface area contributed by atoms with Gasteiger partial charge in [-0.15, -0.1) is 22.7 Å². The van der Waals surface area contributed by atoms with Crippen molar-refractivity contribution in [2.75, 3.05) is 6.54 Å². The van der Waals surface area contributed by atoms with Gasteiger partial charge in [-0.25, -0.2) is 4.98 Å². The van der Waals surface area contributed by atoms with E-state index in [1.807, 2.05) is 0 Å². The second-order valence-corrected chi connectivity index (χ2v) is 5.71. The van der Waals surface area contributed by atoms with Crippen LogP contribution in [0.15, 0.2) is 22.9 Å². The first kappa shape index (κ1) is 11.8. The highest BCUT2D eigenvalue weighted by Crippen LogP contribution is 2.27. The second-order valence-electron chi connectivity index (χ2n) is 3.82. The fourth-order valence-electron chi connectivity index (χ4n) is 1.58. The molecule has 0 spiro atoms. The van der Waals surface area contributed by atoms with Crippen molar-refractivity contribution < 1.29 is 0 Å². The van der Waals surface area contributed by atoms with Crippen molar-refractivity contribution in [3.05, 3.63) is 27.9 Å². The summed E-state index contributed by atoms with van der Waals surface area (Å²) < 4.78 is 0. The van der Waals surface area contributed by atoms with E-state index in [0.717, 1.165) is 25.1 Å². The van der Waals surface area contributed by atoms with Crippen molar-refractivity contribution in [1.29, 1.82) is 0 Å². The second kappa shape index (κ2) is 5.57. The maximum absolute atomic E-state index is 5.71. The summed E-state index contributed by atoms with van der Waals surface area (Å²) in [6.07, 6.45) is 2.15. The molecule has 4 heteroatoms. The van der Waals surface area contributed by atoms with E-state index in [2.05, 4.69) is 34.8 Å². The molecule has 2 nitrogen and oxygen atoms in total. The molecule has 0 saturated heterocycles. The molecule has 2 heterocycles. The lowest BCUT2D eigenvalue weighted by atomic mass is 10.0. The Bertz CT molecular complexity index is 416. The molecule has 2 aromatic rings. The largest absolute Gasteiger partial charge is 0.330 e. The summed E-state index contributed by atoms with van der Waals surface area (Å²) in [6.45, 7) is 2.94. The Morgan fingerprint density at radius 1 is 1.44 bits per heavy atom. The fourth-order valence-corrected chi connectivity index (χ4v) is 3.25. The zero-order chi connectivity index (χ0) is 11.4. The Labute approximate surface area is 104 Å². The molecule has 0 aliphatic rings. The summed E-state index contributed by atoms with van der Waals surface area (Å²) >= 11 is 3.49. The van der Waals surface area contributed by atoms with Crippen LogP contribution in [-0.4, -0.2) is 11.5 Å². The highest BCUT2D eigenvalue weighted by Gasteiger charge is 2.10. The van der Waals surface area contributed by atoms with Gasteiger partial charge in [-0.3, -0.25) is 0 Å². The van der Waals surface area contributed by atoms with E-state index in [9.17, 15) is 0 Å². The number of thiazole rings is 1. The van der Waals surface area contributed by atoms with Crippen molar-refractivity contribution in [2.24, 2.45) is 11.7 Å². The summed E-state index contributed by atoms with van der Waals surface area (Å²) in [6, 6.07) is 4.18. The first-order valence-electron chi connectivity index (χ1n) is 5.51. The number of nitrogens with zero attached hydrogens (tertiary/aromatic N) is 1. The van der Waals surface area contributed by atoms with Gasteiger partial charge in [-0.05, 0) is 23.9 Å². The predicted octanol–water partition coefficient (Wildman–Crippen LogP) is 3.40. The van der Waals surface area contributed by atoms with Crippen LogP contribution in [0.25, 0.3) is 10.6 Å². The predicted molar refractivity (Wildman–Crippen MR) is 72.0 cm³/mol. The lowest BCUT2D eigenvalue weighted by Crippen LogP contribution is -2.15. The number of nitrogens with two attached hydrogens (primary N) is 1. The third-order valence-corrected chi connectivity index (χ3v) is 4.46. The molecule has 0 fully saturated rings. The monoisotopic (exact) mass is 252 g/mol. The standard InChI is InChI=1S/C12H16N2S2/c1-2-9(7-13)6-12-14-10(8-16-12)11-4-3-5-15-11/h3-5,8-9H,2,6-7,13H2,1H3. The molecular weight excluding hydrogens is 236 g/mol. The quantitative estimate of drug-likeness (QED) is 0.885. The van der Waals surface area contributed by atoms with Crippen molar-refractivity contribution in [1.82, 2.24) is 4.98 Å². The van der Waals surface area contributed by atoms with E-state index in [-0.39, 0.29) is 0 Å². The zero-order valence-corrected chi connectivity index (χ0v) is 11.0. The van der Waals surface area contributed by atoms with Crippen LogP contribution in [-0.2, 0) is 6.42 Å². The molecular formula is C12H16N2S2. The molecule has 0 radical (unpaired) electrons. The lowest BCUT2D eigenvalue weighted by Gasteiger charge is -2.08. The minimum Gasteiger partial charge on any atom is -0.330 e. The third-order valence-electron chi connectivity index (χ3n) is 2.70. The van der Waals surface area contributed by atoms with Crippen LogP contribution in [0, 0.1) is 5.92 Å². The van der Waals surface area contributed by atoms with Gasteiger partial charge in [0.2, 0.25) is 0 Å². The van der Waals surface area contributed by atoms with Crippen molar-refractivity contribution in [3.8, 4) is 10.6 Å². The van der Waals surface area contributed by atoms with Gasteiger partial charge >= 0.3 is 0 Å². The van der Waals surface area contributed by atoms with E-state index >= 15 is 0 Å². The summed E-state index contributed by atoms with van der Waals surface area (Å²) in [4.78, 5) is 5.91. The van der Waals surface area contributed by atoms with E-state index in [1.165, 1.54) is 9.88 Å². The number of rotatable bonds is 5. The van der Waals surface area contributed by atoms with Crippen LogP contribution in [0.5, 0.6) is 0 Å².